The highest BCUT2D eigenvalue weighted by molar-refractivity contribution is 7.93. The fourth-order valence-corrected chi connectivity index (χ4v) is 5.19. The van der Waals surface area contributed by atoms with Crippen LogP contribution in [0.25, 0.3) is 0 Å². The summed E-state index contributed by atoms with van der Waals surface area (Å²) in [6, 6.07) is 12.5. The van der Waals surface area contributed by atoms with Crippen LogP contribution in [-0.4, -0.2) is 22.7 Å². The first-order valence-electron chi connectivity index (χ1n) is 9.57. The van der Waals surface area contributed by atoms with Gasteiger partial charge in [0.2, 0.25) is 5.91 Å². The second-order valence-corrected chi connectivity index (χ2v) is 10.9. The lowest BCUT2D eigenvalue weighted by Crippen LogP contribution is -2.15. The molecule has 0 aliphatic rings. The summed E-state index contributed by atoms with van der Waals surface area (Å²) in [5.74, 6) is -0.319. The lowest BCUT2D eigenvalue weighted by atomic mass is 10.2. The van der Waals surface area contributed by atoms with E-state index in [9.17, 15) is 34.8 Å². The zero-order valence-electron chi connectivity index (χ0n) is 17.7. The van der Waals surface area contributed by atoms with E-state index in [2.05, 4.69) is 10.0 Å². The Morgan fingerprint density at radius 1 is 0.743 bits per heavy atom. The minimum Gasteiger partial charge on any atom is -0.326 e. The molecule has 0 aliphatic carbocycles. The van der Waals surface area contributed by atoms with Crippen molar-refractivity contribution in [1.29, 1.82) is 0 Å². The number of hydrogen-bond acceptors (Lipinski definition) is 5. The van der Waals surface area contributed by atoms with Gasteiger partial charge in [0.25, 0.3) is 20.0 Å². The van der Waals surface area contributed by atoms with Crippen LogP contribution in [0, 0.1) is 0 Å². The van der Waals surface area contributed by atoms with Crippen molar-refractivity contribution in [2.75, 3.05) is 14.8 Å². The van der Waals surface area contributed by atoms with Crippen molar-refractivity contribution in [2.24, 2.45) is 0 Å². The summed E-state index contributed by atoms with van der Waals surface area (Å²) in [6.45, 7) is 1.31. The summed E-state index contributed by atoms with van der Waals surface area (Å²) in [4.78, 5) is 10.6. The third kappa shape index (κ3) is 6.65. The van der Waals surface area contributed by atoms with Gasteiger partial charge in [0.1, 0.15) is 0 Å². The van der Waals surface area contributed by atoms with Crippen molar-refractivity contribution in [3.05, 3.63) is 77.3 Å². The maximum atomic E-state index is 13.0. The van der Waals surface area contributed by atoms with E-state index in [4.69, 9.17) is 11.6 Å². The maximum Gasteiger partial charge on any atom is 0.417 e. The second-order valence-electron chi connectivity index (χ2n) is 7.13. The molecule has 0 fully saturated rings. The third-order valence-electron chi connectivity index (χ3n) is 4.43. The number of nitrogens with one attached hydrogen (secondary N) is 3. The first kappa shape index (κ1) is 26.3. The molecule has 0 heterocycles. The van der Waals surface area contributed by atoms with E-state index in [-0.39, 0.29) is 27.1 Å². The fourth-order valence-electron chi connectivity index (χ4n) is 2.86. The van der Waals surface area contributed by atoms with E-state index >= 15 is 0 Å². The summed E-state index contributed by atoms with van der Waals surface area (Å²) in [5.41, 5.74) is -1.11. The number of benzene rings is 3. The van der Waals surface area contributed by atoms with Crippen molar-refractivity contribution in [2.45, 2.75) is 22.9 Å². The van der Waals surface area contributed by atoms with E-state index in [0.717, 1.165) is 24.3 Å². The highest BCUT2D eigenvalue weighted by Crippen LogP contribution is 2.36. The highest BCUT2D eigenvalue weighted by atomic mass is 35.5. The first-order valence-corrected chi connectivity index (χ1v) is 12.9. The molecule has 3 aromatic carbocycles. The number of hydrogen-bond donors (Lipinski definition) is 3. The number of anilines is 3. The molecule has 0 radical (unpaired) electrons. The monoisotopic (exact) mass is 547 g/mol. The molecule has 1 amide bonds. The molecular formula is C21H17ClF3N3O5S2. The molecule has 0 atom stereocenters. The summed E-state index contributed by atoms with van der Waals surface area (Å²) in [7, 11) is -8.31. The van der Waals surface area contributed by atoms with Gasteiger partial charge < -0.3 is 5.32 Å². The molecule has 14 heteroatoms. The zero-order valence-corrected chi connectivity index (χ0v) is 20.1. The van der Waals surface area contributed by atoms with Crippen LogP contribution < -0.4 is 14.8 Å². The Kier molecular flexibility index (Phi) is 7.34. The van der Waals surface area contributed by atoms with E-state index < -0.39 is 36.8 Å². The van der Waals surface area contributed by atoms with E-state index in [1.54, 1.807) is 0 Å². The Hall–Kier alpha value is -3.29. The van der Waals surface area contributed by atoms with Gasteiger partial charge in [-0.1, -0.05) is 11.6 Å². The normalized spacial score (nSPS) is 12.1. The van der Waals surface area contributed by atoms with Crippen molar-refractivity contribution in [1.82, 2.24) is 0 Å². The van der Waals surface area contributed by atoms with Crippen molar-refractivity contribution in [3.8, 4) is 0 Å². The van der Waals surface area contributed by atoms with Gasteiger partial charge in [0.15, 0.2) is 0 Å². The molecule has 3 aromatic rings. The molecule has 0 aromatic heterocycles. The van der Waals surface area contributed by atoms with E-state index in [0.29, 0.717) is 11.8 Å². The zero-order chi connectivity index (χ0) is 26.0. The Bertz CT molecular complexity index is 1460. The van der Waals surface area contributed by atoms with Crippen molar-refractivity contribution >= 4 is 54.6 Å². The van der Waals surface area contributed by atoms with Crippen LogP contribution >= 0.6 is 11.6 Å². The number of rotatable bonds is 7. The topological polar surface area (TPSA) is 121 Å². The molecule has 0 spiro atoms. The van der Waals surface area contributed by atoms with Crippen molar-refractivity contribution in [3.63, 3.8) is 0 Å². The lowest BCUT2D eigenvalue weighted by Gasteiger charge is -2.13. The molecule has 0 aliphatic heterocycles. The van der Waals surface area contributed by atoms with Crippen LogP contribution in [0.5, 0.6) is 0 Å². The Balaban J connectivity index is 1.76. The molecular weight excluding hydrogens is 531 g/mol. The lowest BCUT2D eigenvalue weighted by molar-refractivity contribution is -0.137. The summed E-state index contributed by atoms with van der Waals surface area (Å²) >= 11 is 5.54. The summed E-state index contributed by atoms with van der Waals surface area (Å²) < 4.78 is 93.7. The number of sulfonamides is 2. The number of carbonyl (C=O) groups excluding carboxylic acids is 1. The molecule has 0 saturated heterocycles. The van der Waals surface area contributed by atoms with E-state index in [1.165, 1.54) is 43.3 Å². The third-order valence-corrected chi connectivity index (χ3v) is 7.55. The quantitative estimate of drug-likeness (QED) is 0.388. The highest BCUT2D eigenvalue weighted by Gasteiger charge is 2.33. The number of halogens is 4. The molecule has 35 heavy (non-hydrogen) atoms. The standard InChI is InChI=1S/C21H17ClF3N3O5S2/c1-13(29)26-14-2-7-17(8-3-14)34(30,31)27-15-4-9-18(10-5-15)35(32,33)28-16-6-11-20(22)19(12-16)21(23,24)25/h2-12,27-28H,1H3,(H,26,29). The molecule has 3 N–H and O–H groups in total. The summed E-state index contributed by atoms with van der Waals surface area (Å²) in [6.07, 6.45) is -4.78. The largest absolute Gasteiger partial charge is 0.417 e. The summed E-state index contributed by atoms with van der Waals surface area (Å²) in [5, 5.41) is 1.92. The average molecular weight is 548 g/mol. The second kappa shape index (κ2) is 9.76. The Labute approximate surface area is 204 Å². The number of alkyl halides is 3. The molecule has 0 saturated carbocycles. The Morgan fingerprint density at radius 3 is 1.63 bits per heavy atom. The van der Waals surface area contributed by atoms with Crippen molar-refractivity contribution < 1.29 is 34.8 Å². The molecule has 186 valence electrons. The molecule has 0 bridgehead atoms. The van der Waals surface area contributed by atoms with Crippen LogP contribution in [0.4, 0.5) is 30.2 Å². The maximum absolute atomic E-state index is 13.0. The van der Waals surface area contributed by atoms with Gasteiger partial charge in [-0.15, -0.1) is 0 Å². The molecule has 3 rings (SSSR count). The predicted octanol–water partition coefficient (Wildman–Crippen LogP) is 4.92. The number of amides is 1. The molecule has 0 unspecified atom stereocenters. The Morgan fingerprint density at radius 2 is 1.17 bits per heavy atom. The van der Waals surface area contributed by atoms with Gasteiger partial charge in [0, 0.05) is 24.0 Å². The van der Waals surface area contributed by atoms with E-state index in [1.807, 2.05) is 4.72 Å². The van der Waals surface area contributed by atoms with Gasteiger partial charge in [0.05, 0.1) is 20.4 Å². The van der Waals surface area contributed by atoms with Gasteiger partial charge in [-0.05, 0) is 66.7 Å². The smallest absolute Gasteiger partial charge is 0.326 e. The van der Waals surface area contributed by atoms with Crippen LogP contribution in [-0.2, 0) is 31.0 Å². The van der Waals surface area contributed by atoms with Gasteiger partial charge in [-0.25, -0.2) is 16.8 Å². The SMILES string of the molecule is CC(=O)Nc1ccc(S(=O)(=O)Nc2ccc(S(=O)(=O)Nc3ccc(Cl)c(C(F)(F)F)c3)cc2)cc1. The molecule has 8 nitrogen and oxygen atoms in total. The minimum atomic E-state index is -4.78. The minimum absolute atomic E-state index is 0.0424. The van der Waals surface area contributed by atoms with Gasteiger partial charge in [-0.3, -0.25) is 14.2 Å². The van der Waals surface area contributed by atoms with Crippen LogP contribution in [0.1, 0.15) is 12.5 Å². The van der Waals surface area contributed by atoms with Crippen LogP contribution in [0.15, 0.2) is 76.5 Å². The number of carbonyl (C=O) groups is 1. The van der Waals surface area contributed by atoms with Gasteiger partial charge >= 0.3 is 6.18 Å². The van der Waals surface area contributed by atoms with Gasteiger partial charge in [-0.2, -0.15) is 13.2 Å². The first-order chi connectivity index (χ1) is 16.2. The average Bonchev–Trinajstić information content (AvgIpc) is 2.74. The fraction of sp³-hybridized carbons (Fsp3) is 0.0952. The van der Waals surface area contributed by atoms with Crippen LogP contribution in [0.3, 0.4) is 0 Å². The van der Waals surface area contributed by atoms with Crippen LogP contribution in [0.2, 0.25) is 5.02 Å². The predicted molar refractivity (Wildman–Crippen MR) is 125 cm³/mol.